The molecule has 7 nitrogen and oxygen atoms in total. The molecule has 0 saturated heterocycles. The van der Waals surface area contributed by atoms with Gasteiger partial charge in [-0.3, -0.25) is 9.52 Å². The van der Waals surface area contributed by atoms with E-state index in [0.29, 0.717) is 11.3 Å². The van der Waals surface area contributed by atoms with Crippen molar-refractivity contribution in [3.63, 3.8) is 0 Å². The van der Waals surface area contributed by atoms with Gasteiger partial charge in [0.05, 0.1) is 17.5 Å². The average molecular weight is 281 g/mol. The highest BCUT2D eigenvalue weighted by Gasteiger charge is 2.08. The summed E-state index contributed by atoms with van der Waals surface area (Å²) in [6, 6.07) is 7.67. The lowest BCUT2D eigenvalue weighted by molar-refractivity contribution is 0.102. The number of amides is 1. The van der Waals surface area contributed by atoms with Gasteiger partial charge in [-0.05, 0) is 24.3 Å². The molecular formula is C11H11N3O4S. The first kappa shape index (κ1) is 13.1. The molecule has 0 spiro atoms. The normalized spacial score (nSPS) is 11.0. The van der Waals surface area contributed by atoms with Gasteiger partial charge in [-0.15, -0.1) is 0 Å². The lowest BCUT2D eigenvalue weighted by Gasteiger charge is -2.07. The van der Waals surface area contributed by atoms with Crippen molar-refractivity contribution in [1.82, 2.24) is 0 Å². The predicted molar refractivity (Wildman–Crippen MR) is 69.8 cm³/mol. The highest BCUT2D eigenvalue weighted by molar-refractivity contribution is 7.90. The minimum Gasteiger partial charge on any atom is -0.472 e. The maximum atomic E-state index is 11.7. The largest absolute Gasteiger partial charge is 0.472 e. The standard InChI is InChI=1S/C11H11N3O4S/c12-19(16,17)14-10-3-1-2-9(6-10)13-11(15)8-4-5-18-7-8/h1-7,14H,(H,13,15)(H2,12,16,17). The van der Waals surface area contributed by atoms with Crippen LogP contribution in [-0.2, 0) is 10.2 Å². The Balaban J connectivity index is 2.13. The minimum absolute atomic E-state index is 0.257. The van der Waals surface area contributed by atoms with Crippen LogP contribution in [0.2, 0.25) is 0 Å². The number of benzene rings is 1. The Morgan fingerprint density at radius 1 is 1.21 bits per heavy atom. The van der Waals surface area contributed by atoms with Gasteiger partial charge in [0.25, 0.3) is 16.1 Å². The van der Waals surface area contributed by atoms with E-state index >= 15 is 0 Å². The third kappa shape index (κ3) is 3.83. The van der Waals surface area contributed by atoms with Gasteiger partial charge in [-0.2, -0.15) is 8.42 Å². The van der Waals surface area contributed by atoms with Crippen LogP contribution in [-0.4, -0.2) is 14.3 Å². The number of hydrogen-bond acceptors (Lipinski definition) is 4. The summed E-state index contributed by atoms with van der Waals surface area (Å²) in [5, 5.41) is 7.45. The van der Waals surface area contributed by atoms with Gasteiger partial charge in [0.1, 0.15) is 6.26 Å². The van der Waals surface area contributed by atoms with Crippen molar-refractivity contribution in [2.24, 2.45) is 5.14 Å². The van der Waals surface area contributed by atoms with Crippen LogP contribution in [0.15, 0.2) is 47.3 Å². The molecule has 0 unspecified atom stereocenters. The van der Waals surface area contributed by atoms with Crippen LogP contribution in [0.4, 0.5) is 11.4 Å². The molecule has 1 heterocycles. The number of furan rings is 1. The molecule has 0 atom stereocenters. The van der Waals surface area contributed by atoms with E-state index in [1.165, 1.54) is 30.7 Å². The molecule has 1 aromatic heterocycles. The third-order valence-electron chi connectivity index (χ3n) is 2.16. The summed E-state index contributed by atoms with van der Waals surface area (Å²) in [6.07, 6.45) is 2.69. The highest BCUT2D eigenvalue weighted by Crippen LogP contribution is 2.16. The number of hydrogen-bond donors (Lipinski definition) is 3. The molecule has 100 valence electrons. The van der Waals surface area contributed by atoms with Gasteiger partial charge in [0, 0.05) is 5.69 Å². The number of rotatable bonds is 4. The molecule has 1 amide bonds. The van der Waals surface area contributed by atoms with Gasteiger partial charge >= 0.3 is 0 Å². The van der Waals surface area contributed by atoms with Crippen molar-refractivity contribution in [3.8, 4) is 0 Å². The van der Waals surface area contributed by atoms with Crippen molar-refractivity contribution in [2.45, 2.75) is 0 Å². The van der Waals surface area contributed by atoms with Gasteiger partial charge in [-0.1, -0.05) is 6.07 Å². The highest BCUT2D eigenvalue weighted by atomic mass is 32.2. The van der Waals surface area contributed by atoms with Crippen LogP contribution in [0.1, 0.15) is 10.4 Å². The van der Waals surface area contributed by atoms with E-state index in [0.717, 1.165) is 0 Å². The average Bonchev–Trinajstić information content (AvgIpc) is 2.80. The first-order valence-electron chi connectivity index (χ1n) is 5.18. The topological polar surface area (TPSA) is 114 Å². The predicted octanol–water partition coefficient (Wildman–Crippen LogP) is 1.15. The van der Waals surface area contributed by atoms with Crippen molar-refractivity contribution < 1.29 is 17.6 Å². The van der Waals surface area contributed by atoms with E-state index in [1.54, 1.807) is 12.1 Å². The Morgan fingerprint density at radius 2 is 1.95 bits per heavy atom. The van der Waals surface area contributed by atoms with Crippen LogP contribution in [0, 0.1) is 0 Å². The summed E-state index contributed by atoms with van der Waals surface area (Å²) < 4.78 is 28.7. The number of nitrogens with two attached hydrogens (primary N) is 1. The maximum Gasteiger partial charge on any atom is 0.296 e. The SMILES string of the molecule is NS(=O)(=O)Nc1cccc(NC(=O)c2ccoc2)c1. The maximum absolute atomic E-state index is 11.7. The van der Waals surface area contributed by atoms with Crippen molar-refractivity contribution in [1.29, 1.82) is 0 Å². The van der Waals surface area contributed by atoms with Gasteiger partial charge in [-0.25, -0.2) is 5.14 Å². The van der Waals surface area contributed by atoms with E-state index in [-0.39, 0.29) is 11.6 Å². The molecule has 1 aromatic carbocycles. The molecule has 0 bridgehead atoms. The van der Waals surface area contributed by atoms with Crippen LogP contribution in [0.5, 0.6) is 0 Å². The number of anilines is 2. The van der Waals surface area contributed by atoms with E-state index < -0.39 is 10.2 Å². The molecule has 0 radical (unpaired) electrons. The second-order valence-corrected chi connectivity index (χ2v) is 4.99. The van der Waals surface area contributed by atoms with Crippen molar-refractivity contribution >= 4 is 27.5 Å². The molecule has 0 fully saturated rings. The second-order valence-electron chi connectivity index (χ2n) is 3.69. The Labute approximate surface area is 109 Å². The molecule has 8 heteroatoms. The van der Waals surface area contributed by atoms with E-state index in [4.69, 9.17) is 9.56 Å². The van der Waals surface area contributed by atoms with Crippen LogP contribution >= 0.6 is 0 Å². The molecule has 0 saturated carbocycles. The van der Waals surface area contributed by atoms with Crippen LogP contribution in [0.25, 0.3) is 0 Å². The Hall–Kier alpha value is -2.32. The lowest BCUT2D eigenvalue weighted by atomic mass is 10.2. The zero-order valence-electron chi connectivity index (χ0n) is 9.66. The quantitative estimate of drug-likeness (QED) is 0.779. The van der Waals surface area contributed by atoms with Crippen LogP contribution < -0.4 is 15.2 Å². The minimum atomic E-state index is -3.84. The van der Waals surface area contributed by atoms with Crippen LogP contribution in [0.3, 0.4) is 0 Å². The first-order chi connectivity index (χ1) is 8.94. The summed E-state index contributed by atoms with van der Waals surface area (Å²) in [5.41, 5.74) is 1.05. The molecule has 4 N–H and O–H groups in total. The molecule has 0 aliphatic heterocycles. The lowest BCUT2D eigenvalue weighted by Crippen LogP contribution is -2.21. The zero-order chi connectivity index (χ0) is 13.9. The monoisotopic (exact) mass is 281 g/mol. The van der Waals surface area contributed by atoms with Gasteiger partial charge in [0.2, 0.25) is 0 Å². The smallest absolute Gasteiger partial charge is 0.296 e. The van der Waals surface area contributed by atoms with Crippen molar-refractivity contribution in [2.75, 3.05) is 10.0 Å². The Morgan fingerprint density at radius 3 is 2.58 bits per heavy atom. The number of nitrogens with one attached hydrogen (secondary N) is 2. The van der Waals surface area contributed by atoms with E-state index in [2.05, 4.69) is 10.0 Å². The fraction of sp³-hybridized carbons (Fsp3) is 0. The number of carbonyl (C=O) groups excluding carboxylic acids is 1. The fourth-order valence-corrected chi connectivity index (χ4v) is 1.88. The zero-order valence-corrected chi connectivity index (χ0v) is 10.5. The van der Waals surface area contributed by atoms with Gasteiger partial charge < -0.3 is 9.73 Å². The Bertz CT molecular complexity index is 680. The summed E-state index contributed by atoms with van der Waals surface area (Å²) in [6.45, 7) is 0. The Kier molecular flexibility index (Phi) is 3.54. The number of carbonyl (C=O) groups is 1. The second kappa shape index (κ2) is 5.12. The van der Waals surface area contributed by atoms with Gasteiger partial charge in [0.15, 0.2) is 0 Å². The molecular weight excluding hydrogens is 270 g/mol. The molecule has 0 aliphatic rings. The molecule has 2 aromatic rings. The third-order valence-corrected chi connectivity index (χ3v) is 2.68. The fourth-order valence-electron chi connectivity index (χ4n) is 1.42. The molecule has 2 rings (SSSR count). The first-order valence-corrected chi connectivity index (χ1v) is 6.73. The van der Waals surface area contributed by atoms with E-state index in [9.17, 15) is 13.2 Å². The molecule has 0 aliphatic carbocycles. The van der Waals surface area contributed by atoms with E-state index in [1.807, 2.05) is 0 Å². The summed E-state index contributed by atoms with van der Waals surface area (Å²) in [4.78, 5) is 11.7. The molecule has 19 heavy (non-hydrogen) atoms. The summed E-state index contributed by atoms with van der Waals surface area (Å²) in [7, 11) is -3.84. The summed E-state index contributed by atoms with van der Waals surface area (Å²) in [5.74, 6) is -0.360. The van der Waals surface area contributed by atoms with Crippen molar-refractivity contribution in [3.05, 3.63) is 48.4 Å². The summed E-state index contributed by atoms with van der Waals surface area (Å²) >= 11 is 0.